The van der Waals surface area contributed by atoms with Crippen LogP contribution in [0.4, 0.5) is 0 Å². The lowest BCUT2D eigenvalue weighted by Gasteiger charge is -2.29. The standard InChI is InChI=1S/C19H43NO3Si/c1-6-11-13-16-20(17-14-12-7-2)18-15-19-24(21-8-3,22-9-4)23-10-5/h6-19H2,1-5H3. The average molecular weight is 362 g/mol. The third-order valence-corrected chi connectivity index (χ3v) is 7.36. The molecule has 24 heavy (non-hydrogen) atoms. The zero-order chi connectivity index (χ0) is 18.1. The Bertz CT molecular complexity index is 240. The maximum Gasteiger partial charge on any atom is 0.500 e. The van der Waals surface area contributed by atoms with Crippen molar-refractivity contribution in [3.8, 4) is 0 Å². The van der Waals surface area contributed by atoms with E-state index in [1.165, 1.54) is 51.6 Å². The van der Waals surface area contributed by atoms with Gasteiger partial charge >= 0.3 is 8.80 Å². The Labute approximate surface area is 152 Å². The molecule has 0 aromatic rings. The highest BCUT2D eigenvalue weighted by Gasteiger charge is 2.39. The highest BCUT2D eigenvalue weighted by Crippen LogP contribution is 2.19. The highest BCUT2D eigenvalue weighted by molar-refractivity contribution is 6.60. The van der Waals surface area contributed by atoms with Gasteiger partial charge in [0.25, 0.3) is 0 Å². The Morgan fingerprint density at radius 3 is 1.38 bits per heavy atom. The van der Waals surface area contributed by atoms with Gasteiger partial charge in [0.15, 0.2) is 0 Å². The molecule has 0 radical (unpaired) electrons. The summed E-state index contributed by atoms with van der Waals surface area (Å²) in [5.41, 5.74) is 0. The summed E-state index contributed by atoms with van der Waals surface area (Å²) in [4.78, 5) is 2.63. The largest absolute Gasteiger partial charge is 0.500 e. The first-order chi connectivity index (χ1) is 11.7. The van der Waals surface area contributed by atoms with Crippen LogP contribution in [-0.2, 0) is 13.3 Å². The predicted molar refractivity (Wildman–Crippen MR) is 106 cm³/mol. The number of nitrogens with zero attached hydrogens (tertiary/aromatic N) is 1. The minimum atomic E-state index is -2.47. The van der Waals surface area contributed by atoms with E-state index in [4.69, 9.17) is 13.3 Å². The SMILES string of the molecule is CCCCCN(CCCCC)CCC[Si](OCC)(OCC)OCC. The van der Waals surface area contributed by atoms with Crippen molar-refractivity contribution in [1.29, 1.82) is 0 Å². The second kappa shape index (κ2) is 16.5. The van der Waals surface area contributed by atoms with E-state index < -0.39 is 8.80 Å². The fourth-order valence-electron chi connectivity index (χ4n) is 3.03. The summed E-state index contributed by atoms with van der Waals surface area (Å²) in [7, 11) is -2.47. The van der Waals surface area contributed by atoms with E-state index >= 15 is 0 Å². The molecule has 0 aliphatic heterocycles. The molecule has 0 unspecified atom stereocenters. The van der Waals surface area contributed by atoms with Gasteiger partial charge in [0.2, 0.25) is 0 Å². The van der Waals surface area contributed by atoms with Gasteiger partial charge in [0, 0.05) is 25.9 Å². The van der Waals surface area contributed by atoms with E-state index in [-0.39, 0.29) is 0 Å². The molecular formula is C19H43NO3Si. The molecule has 0 bridgehead atoms. The molecule has 0 saturated carbocycles. The average Bonchev–Trinajstić information content (AvgIpc) is 2.55. The molecule has 0 amide bonds. The first-order valence-corrected chi connectivity index (χ1v) is 12.2. The monoisotopic (exact) mass is 361 g/mol. The summed E-state index contributed by atoms with van der Waals surface area (Å²) in [6.45, 7) is 16.2. The molecule has 0 aliphatic rings. The Morgan fingerprint density at radius 1 is 0.583 bits per heavy atom. The molecular weight excluding hydrogens is 318 g/mol. The van der Waals surface area contributed by atoms with Crippen LogP contribution >= 0.6 is 0 Å². The van der Waals surface area contributed by atoms with Crippen molar-refractivity contribution >= 4 is 8.80 Å². The summed E-state index contributed by atoms with van der Waals surface area (Å²) in [6, 6.07) is 0.931. The summed E-state index contributed by atoms with van der Waals surface area (Å²) >= 11 is 0. The van der Waals surface area contributed by atoms with Gasteiger partial charge in [-0.15, -0.1) is 0 Å². The molecule has 0 fully saturated rings. The summed E-state index contributed by atoms with van der Waals surface area (Å²) < 4.78 is 17.9. The van der Waals surface area contributed by atoms with Crippen molar-refractivity contribution in [2.24, 2.45) is 0 Å². The molecule has 0 aromatic carbocycles. The van der Waals surface area contributed by atoms with E-state index in [0.29, 0.717) is 19.8 Å². The molecule has 0 spiro atoms. The minimum absolute atomic E-state index is 0.670. The van der Waals surface area contributed by atoms with Crippen LogP contribution in [0.1, 0.15) is 79.6 Å². The fraction of sp³-hybridized carbons (Fsp3) is 1.00. The van der Waals surface area contributed by atoms with Crippen LogP contribution in [0.25, 0.3) is 0 Å². The Kier molecular flexibility index (Phi) is 16.6. The van der Waals surface area contributed by atoms with Gasteiger partial charge in [-0.1, -0.05) is 39.5 Å². The van der Waals surface area contributed by atoms with E-state index in [0.717, 1.165) is 19.0 Å². The highest BCUT2D eigenvalue weighted by atomic mass is 28.4. The lowest BCUT2D eigenvalue weighted by atomic mass is 10.2. The molecule has 0 rings (SSSR count). The van der Waals surface area contributed by atoms with Crippen molar-refractivity contribution in [1.82, 2.24) is 4.90 Å². The first-order valence-electron chi connectivity index (χ1n) is 10.3. The van der Waals surface area contributed by atoms with E-state index in [9.17, 15) is 0 Å². The minimum Gasteiger partial charge on any atom is -0.374 e. The van der Waals surface area contributed by atoms with Crippen LogP contribution in [0.3, 0.4) is 0 Å². The Balaban J connectivity index is 4.42. The lowest BCUT2D eigenvalue weighted by Crippen LogP contribution is -2.46. The van der Waals surface area contributed by atoms with Crippen molar-refractivity contribution in [2.75, 3.05) is 39.5 Å². The van der Waals surface area contributed by atoms with Crippen LogP contribution in [0.2, 0.25) is 6.04 Å². The lowest BCUT2D eigenvalue weighted by molar-refractivity contribution is 0.0698. The van der Waals surface area contributed by atoms with Crippen molar-refractivity contribution in [2.45, 2.75) is 85.6 Å². The number of hydrogen-bond donors (Lipinski definition) is 0. The number of rotatable bonds is 18. The maximum absolute atomic E-state index is 5.97. The molecule has 4 nitrogen and oxygen atoms in total. The normalized spacial score (nSPS) is 12.2. The summed E-state index contributed by atoms with van der Waals surface area (Å²) in [6.07, 6.45) is 8.97. The Morgan fingerprint density at radius 2 is 1.00 bits per heavy atom. The maximum atomic E-state index is 5.97. The first kappa shape index (κ1) is 24.1. The van der Waals surface area contributed by atoms with E-state index in [1.807, 2.05) is 20.8 Å². The van der Waals surface area contributed by atoms with Gasteiger partial charge in [0.1, 0.15) is 0 Å². The predicted octanol–water partition coefficient (Wildman–Crippen LogP) is 5.11. The topological polar surface area (TPSA) is 30.9 Å². The van der Waals surface area contributed by atoms with Crippen molar-refractivity contribution < 1.29 is 13.3 Å². The van der Waals surface area contributed by atoms with E-state index in [1.54, 1.807) is 0 Å². The second-order valence-corrected chi connectivity index (χ2v) is 9.07. The smallest absolute Gasteiger partial charge is 0.374 e. The molecule has 0 N–H and O–H groups in total. The van der Waals surface area contributed by atoms with Crippen molar-refractivity contribution in [3.05, 3.63) is 0 Å². The zero-order valence-electron chi connectivity index (χ0n) is 17.1. The van der Waals surface area contributed by atoms with Gasteiger partial charge in [-0.25, -0.2) is 0 Å². The Hall–Kier alpha value is 0.0569. The quantitative estimate of drug-likeness (QED) is 0.251. The third-order valence-electron chi connectivity index (χ3n) is 4.21. The fourth-order valence-corrected chi connectivity index (χ4v) is 5.62. The van der Waals surface area contributed by atoms with Crippen LogP contribution in [0, 0.1) is 0 Å². The second-order valence-electron chi connectivity index (χ2n) is 6.34. The molecule has 0 saturated heterocycles. The van der Waals surface area contributed by atoms with Gasteiger partial charge < -0.3 is 18.2 Å². The van der Waals surface area contributed by atoms with Crippen LogP contribution in [-0.4, -0.2) is 53.2 Å². The third kappa shape index (κ3) is 11.6. The number of unbranched alkanes of at least 4 members (excludes halogenated alkanes) is 4. The summed E-state index contributed by atoms with van der Waals surface area (Å²) in [5, 5.41) is 0. The van der Waals surface area contributed by atoms with Crippen molar-refractivity contribution in [3.63, 3.8) is 0 Å². The molecule has 0 aromatic heterocycles. The molecule has 146 valence electrons. The molecule has 5 heteroatoms. The van der Waals surface area contributed by atoms with Gasteiger partial charge in [0.05, 0.1) is 0 Å². The molecule has 0 atom stereocenters. The summed E-state index contributed by atoms with van der Waals surface area (Å²) in [5.74, 6) is 0. The molecule has 0 heterocycles. The molecule has 0 aliphatic carbocycles. The zero-order valence-corrected chi connectivity index (χ0v) is 18.1. The van der Waals surface area contributed by atoms with E-state index in [2.05, 4.69) is 18.7 Å². The van der Waals surface area contributed by atoms with Crippen LogP contribution < -0.4 is 0 Å². The van der Waals surface area contributed by atoms with Gasteiger partial charge in [-0.2, -0.15) is 0 Å². The van der Waals surface area contributed by atoms with Crippen LogP contribution in [0.5, 0.6) is 0 Å². The van der Waals surface area contributed by atoms with Crippen LogP contribution in [0.15, 0.2) is 0 Å². The van der Waals surface area contributed by atoms with Gasteiger partial charge in [-0.3, -0.25) is 0 Å². The number of hydrogen-bond acceptors (Lipinski definition) is 4. The van der Waals surface area contributed by atoms with Gasteiger partial charge in [-0.05, 0) is 59.7 Å².